The number of nitrogens with zero attached hydrogens (tertiary/aromatic N) is 2. The van der Waals surface area contributed by atoms with Gasteiger partial charge in [0.1, 0.15) is 0 Å². The topological polar surface area (TPSA) is 47.0 Å². The predicted octanol–water partition coefficient (Wildman–Crippen LogP) is 2.19. The van der Waals surface area contributed by atoms with Crippen LogP contribution in [0.3, 0.4) is 0 Å². The number of hydrogen-bond donors (Lipinski definition) is 1. The van der Waals surface area contributed by atoms with Crippen molar-refractivity contribution in [1.82, 2.24) is 9.97 Å². The highest BCUT2D eigenvalue weighted by Gasteiger charge is 2.03. The molecule has 1 heterocycles. The minimum atomic E-state index is 0.00907. The number of anilines is 1. The summed E-state index contributed by atoms with van der Waals surface area (Å²) in [5.74, 6) is 0.556. The standard InChI is InChI=1S/C9H13Cl2N3O/c1-15-6-7(10)2-3-12-9-13-4-8(11)5-14-9/h4-5,7H,2-3,6H2,1H3,(H,12,13,14). The summed E-state index contributed by atoms with van der Waals surface area (Å²) < 4.78 is 4.91. The summed E-state index contributed by atoms with van der Waals surface area (Å²) in [6.07, 6.45) is 3.88. The molecule has 1 aromatic rings. The van der Waals surface area contributed by atoms with E-state index in [1.165, 1.54) is 0 Å². The van der Waals surface area contributed by atoms with Crippen LogP contribution in [0.2, 0.25) is 5.02 Å². The van der Waals surface area contributed by atoms with Crippen molar-refractivity contribution in [1.29, 1.82) is 0 Å². The van der Waals surface area contributed by atoms with Crippen LogP contribution >= 0.6 is 23.2 Å². The van der Waals surface area contributed by atoms with Gasteiger partial charge in [-0.05, 0) is 6.42 Å². The van der Waals surface area contributed by atoms with Crippen molar-refractivity contribution in [3.05, 3.63) is 17.4 Å². The molecule has 6 heteroatoms. The highest BCUT2D eigenvalue weighted by atomic mass is 35.5. The lowest BCUT2D eigenvalue weighted by Gasteiger charge is -2.08. The molecule has 1 N–H and O–H groups in total. The summed E-state index contributed by atoms with van der Waals surface area (Å²) in [5, 5.41) is 3.57. The largest absolute Gasteiger partial charge is 0.383 e. The Bertz CT molecular complexity index is 281. The molecule has 0 aliphatic heterocycles. The van der Waals surface area contributed by atoms with E-state index in [0.717, 1.165) is 6.42 Å². The zero-order valence-electron chi connectivity index (χ0n) is 8.41. The highest BCUT2D eigenvalue weighted by Crippen LogP contribution is 2.06. The lowest BCUT2D eigenvalue weighted by atomic mass is 10.3. The summed E-state index contributed by atoms with van der Waals surface area (Å²) in [6, 6.07) is 0. The Hall–Kier alpha value is -0.580. The summed E-state index contributed by atoms with van der Waals surface area (Å²) in [6.45, 7) is 1.25. The molecule has 0 saturated carbocycles. The van der Waals surface area contributed by atoms with Gasteiger partial charge in [-0.3, -0.25) is 0 Å². The summed E-state index contributed by atoms with van der Waals surface area (Å²) >= 11 is 11.6. The zero-order valence-corrected chi connectivity index (χ0v) is 9.92. The fraction of sp³-hybridized carbons (Fsp3) is 0.556. The molecule has 0 saturated heterocycles. The first-order chi connectivity index (χ1) is 7.22. The van der Waals surface area contributed by atoms with E-state index in [0.29, 0.717) is 24.1 Å². The predicted molar refractivity (Wildman–Crippen MR) is 61.7 cm³/mol. The Morgan fingerprint density at radius 3 is 2.73 bits per heavy atom. The molecule has 0 aliphatic rings. The van der Waals surface area contributed by atoms with Crippen molar-refractivity contribution < 1.29 is 4.74 Å². The average molecular weight is 250 g/mol. The van der Waals surface area contributed by atoms with Crippen molar-refractivity contribution in [3.63, 3.8) is 0 Å². The van der Waals surface area contributed by atoms with Gasteiger partial charge in [-0.25, -0.2) is 9.97 Å². The molecule has 1 unspecified atom stereocenters. The van der Waals surface area contributed by atoms with Crippen LogP contribution in [-0.2, 0) is 4.74 Å². The molecule has 84 valence electrons. The zero-order chi connectivity index (χ0) is 11.1. The minimum absolute atomic E-state index is 0.00907. The number of methoxy groups -OCH3 is 1. The van der Waals surface area contributed by atoms with Crippen LogP contribution < -0.4 is 5.32 Å². The first kappa shape index (κ1) is 12.5. The van der Waals surface area contributed by atoms with Crippen LogP contribution in [0.25, 0.3) is 0 Å². The van der Waals surface area contributed by atoms with Crippen LogP contribution in [-0.4, -0.2) is 35.6 Å². The highest BCUT2D eigenvalue weighted by molar-refractivity contribution is 6.30. The second-order valence-corrected chi connectivity index (χ2v) is 4.05. The third-order valence-corrected chi connectivity index (χ3v) is 2.25. The number of hydrogen-bond acceptors (Lipinski definition) is 4. The van der Waals surface area contributed by atoms with E-state index in [2.05, 4.69) is 15.3 Å². The molecule has 1 rings (SSSR count). The van der Waals surface area contributed by atoms with Crippen LogP contribution in [0.4, 0.5) is 5.95 Å². The van der Waals surface area contributed by atoms with Gasteiger partial charge in [-0.2, -0.15) is 0 Å². The average Bonchev–Trinajstić information content (AvgIpc) is 2.21. The van der Waals surface area contributed by atoms with Crippen molar-refractivity contribution >= 4 is 29.2 Å². The van der Waals surface area contributed by atoms with Gasteiger partial charge in [0.15, 0.2) is 0 Å². The van der Waals surface area contributed by atoms with Crippen LogP contribution in [0.1, 0.15) is 6.42 Å². The van der Waals surface area contributed by atoms with Crippen molar-refractivity contribution in [2.45, 2.75) is 11.8 Å². The van der Waals surface area contributed by atoms with Gasteiger partial charge in [0.2, 0.25) is 5.95 Å². The van der Waals surface area contributed by atoms with Crippen LogP contribution in [0.5, 0.6) is 0 Å². The maximum atomic E-state index is 5.95. The number of nitrogens with one attached hydrogen (secondary N) is 1. The molecule has 0 fully saturated rings. The second-order valence-electron chi connectivity index (χ2n) is 2.99. The molecular formula is C9H13Cl2N3O. The number of ether oxygens (including phenoxy) is 1. The van der Waals surface area contributed by atoms with E-state index < -0.39 is 0 Å². The summed E-state index contributed by atoms with van der Waals surface area (Å²) in [7, 11) is 1.63. The summed E-state index contributed by atoms with van der Waals surface area (Å²) in [5.41, 5.74) is 0. The Balaban J connectivity index is 2.22. The fourth-order valence-electron chi connectivity index (χ4n) is 1.01. The molecule has 15 heavy (non-hydrogen) atoms. The quantitative estimate of drug-likeness (QED) is 0.786. The van der Waals surface area contributed by atoms with Gasteiger partial charge in [0.05, 0.1) is 29.4 Å². The Labute approximate surface area is 99.0 Å². The third kappa shape index (κ3) is 5.16. The van der Waals surface area contributed by atoms with Gasteiger partial charge in [0, 0.05) is 13.7 Å². The molecule has 0 aliphatic carbocycles. The number of rotatable bonds is 6. The van der Waals surface area contributed by atoms with Gasteiger partial charge >= 0.3 is 0 Å². The van der Waals surface area contributed by atoms with Crippen LogP contribution in [0.15, 0.2) is 12.4 Å². The summed E-state index contributed by atoms with van der Waals surface area (Å²) in [4.78, 5) is 7.99. The molecule has 0 amide bonds. The smallest absolute Gasteiger partial charge is 0.222 e. The molecule has 0 aromatic carbocycles. The maximum absolute atomic E-state index is 5.95. The third-order valence-electron chi connectivity index (χ3n) is 1.71. The van der Waals surface area contributed by atoms with Gasteiger partial charge < -0.3 is 10.1 Å². The van der Waals surface area contributed by atoms with E-state index in [1.54, 1.807) is 19.5 Å². The Morgan fingerprint density at radius 1 is 1.47 bits per heavy atom. The van der Waals surface area contributed by atoms with Gasteiger partial charge in [-0.15, -0.1) is 11.6 Å². The fourth-order valence-corrected chi connectivity index (χ4v) is 1.34. The Morgan fingerprint density at radius 2 is 2.13 bits per heavy atom. The van der Waals surface area contributed by atoms with Gasteiger partial charge in [-0.1, -0.05) is 11.6 Å². The molecule has 1 atom stereocenters. The van der Waals surface area contributed by atoms with E-state index in [-0.39, 0.29) is 5.38 Å². The molecule has 1 aromatic heterocycles. The van der Waals surface area contributed by atoms with Crippen molar-refractivity contribution in [3.8, 4) is 0 Å². The monoisotopic (exact) mass is 249 g/mol. The molecule has 0 bridgehead atoms. The second kappa shape index (κ2) is 6.82. The Kier molecular flexibility index (Phi) is 5.68. The van der Waals surface area contributed by atoms with E-state index >= 15 is 0 Å². The van der Waals surface area contributed by atoms with Crippen LogP contribution in [0, 0.1) is 0 Å². The number of aromatic nitrogens is 2. The molecular weight excluding hydrogens is 237 g/mol. The van der Waals surface area contributed by atoms with Crippen molar-refractivity contribution in [2.75, 3.05) is 25.6 Å². The molecule has 4 nitrogen and oxygen atoms in total. The van der Waals surface area contributed by atoms with E-state index in [9.17, 15) is 0 Å². The van der Waals surface area contributed by atoms with Crippen molar-refractivity contribution in [2.24, 2.45) is 0 Å². The first-order valence-electron chi connectivity index (χ1n) is 4.57. The minimum Gasteiger partial charge on any atom is -0.383 e. The lowest BCUT2D eigenvalue weighted by Crippen LogP contribution is -2.14. The van der Waals surface area contributed by atoms with E-state index in [4.69, 9.17) is 27.9 Å². The number of alkyl halides is 1. The SMILES string of the molecule is COCC(Cl)CCNc1ncc(Cl)cn1. The lowest BCUT2D eigenvalue weighted by molar-refractivity contribution is 0.196. The maximum Gasteiger partial charge on any atom is 0.222 e. The molecule has 0 radical (unpaired) electrons. The first-order valence-corrected chi connectivity index (χ1v) is 5.38. The normalized spacial score (nSPS) is 12.5. The van der Waals surface area contributed by atoms with Gasteiger partial charge in [0.25, 0.3) is 0 Å². The van der Waals surface area contributed by atoms with E-state index in [1.807, 2.05) is 0 Å². The molecule has 0 spiro atoms. The number of halogens is 2.